The molecule has 6 nitrogen and oxygen atoms in total. The van der Waals surface area contributed by atoms with E-state index >= 15 is 0 Å². The van der Waals surface area contributed by atoms with E-state index in [0.29, 0.717) is 24.9 Å². The van der Waals surface area contributed by atoms with Gasteiger partial charge in [-0.2, -0.15) is 5.10 Å². The lowest BCUT2D eigenvalue weighted by atomic mass is 10.1. The summed E-state index contributed by atoms with van der Waals surface area (Å²) in [4.78, 5) is 13.7. The highest BCUT2D eigenvalue weighted by atomic mass is 16.6. The van der Waals surface area contributed by atoms with Gasteiger partial charge >= 0.3 is 6.09 Å². The predicted octanol–water partition coefficient (Wildman–Crippen LogP) is 2.04. The van der Waals surface area contributed by atoms with Crippen LogP contribution in [0.15, 0.2) is 12.3 Å². The molecule has 2 heterocycles. The molecule has 19 heavy (non-hydrogen) atoms. The minimum Gasteiger partial charge on any atom is -0.444 e. The van der Waals surface area contributed by atoms with Gasteiger partial charge in [0, 0.05) is 19.3 Å². The first-order valence-corrected chi connectivity index (χ1v) is 6.64. The number of nitrogens with two attached hydrogens (primary N) is 1. The second kappa shape index (κ2) is 5.11. The average molecular weight is 266 g/mol. The van der Waals surface area contributed by atoms with Crippen LogP contribution >= 0.6 is 0 Å². The predicted molar refractivity (Wildman–Crippen MR) is 72.7 cm³/mol. The molecule has 0 spiro atoms. The number of hydrogen-bond acceptors (Lipinski definition) is 4. The van der Waals surface area contributed by atoms with Crippen LogP contribution in [0.4, 0.5) is 10.6 Å². The summed E-state index contributed by atoms with van der Waals surface area (Å²) in [6.07, 6.45) is 3.41. The molecule has 2 rings (SSSR count). The van der Waals surface area contributed by atoms with Crippen LogP contribution in [-0.4, -0.2) is 39.5 Å². The van der Waals surface area contributed by atoms with Crippen molar-refractivity contribution in [1.82, 2.24) is 14.7 Å². The van der Waals surface area contributed by atoms with Crippen LogP contribution in [0.3, 0.4) is 0 Å². The summed E-state index contributed by atoms with van der Waals surface area (Å²) in [6, 6.07) is 2.11. The average Bonchev–Trinajstić information content (AvgIpc) is 2.74. The minimum absolute atomic E-state index is 0.231. The number of hydrogen-bond donors (Lipinski definition) is 1. The lowest BCUT2D eigenvalue weighted by molar-refractivity contribution is 0.0185. The van der Waals surface area contributed by atoms with Gasteiger partial charge in [0.1, 0.15) is 11.4 Å². The van der Waals surface area contributed by atoms with E-state index in [9.17, 15) is 4.79 Å². The summed E-state index contributed by atoms with van der Waals surface area (Å²) >= 11 is 0. The Morgan fingerprint density at radius 2 is 2.05 bits per heavy atom. The molecule has 0 unspecified atom stereocenters. The Morgan fingerprint density at radius 3 is 2.53 bits per heavy atom. The maximum Gasteiger partial charge on any atom is 0.410 e. The van der Waals surface area contributed by atoms with Gasteiger partial charge in [-0.15, -0.1) is 0 Å². The van der Waals surface area contributed by atoms with Crippen LogP contribution in [0, 0.1) is 0 Å². The SMILES string of the molecule is CC(C)(C)OC(=O)N1CCC(n2ccc(N)n2)CC1. The highest BCUT2D eigenvalue weighted by Gasteiger charge is 2.27. The minimum atomic E-state index is -0.440. The van der Waals surface area contributed by atoms with Crippen LogP contribution < -0.4 is 5.73 Å². The van der Waals surface area contributed by atoms with E-state index in [-0.39, 0.29) is 6.09 Å². The van der Waals surface area contributed by atoms with E-state index in [4.69, 9.17) is 10.5 Å². The number of nitrogens with zero attached hydrogens (tertiary/aromatic N) is 3. The second-order valence-corrected chi connectivity index (χ2v) is 5.92. The third-order valence-electron chi connectivity index (χ3n) is 3.12. The number of aromatic nitrogens is 2. The zero-order valence-corrected chi connectivity index (χ0v) is 11.8. The van der Waals surface area contributed by atoms with Crippen molar-refractivity contribution < 1.29 is 9.53 Å². The number of anilines is 1. The fraction of sp³-hybridized carbons (Fsp3) is 0.692. The van der Waals surface area contributed by atoms with Crippen LogP contribution in [-0.2, 0) is 4.74 Å². The largest absolute Gasteiger partial charge is 0.444 e. The van der Waals surface area contributed by atoms with Crippen molar-refractivity contribution in [3.05, 3.63) is 12.3 Å². The summed E-state index contributed by atoms with van der Waals surface area (Å²) in [5, 5.41) is 4.22. The van der Waals surface area contributed by atoms with Crippen LogP contribution in [0.1, 0.15) is 39.7 Å². The molecule has 1 aromatic rings. The normalized spacial score (nSPS) is 17.5. The third kappa shape index (κ3) is 3.62. The molecule has 0 bridgehead atoms. The van der Waals surface area contributed by atoms with E-state index in [1.807, 2.05) is 31.6 Å². The third-order valence-corrected chi connectivity index (χ3v) is 3.12. The number of carbonyl (C=O) groups excluding carboxylic acids is 1. The molecule has 0 aliphatic carbocycles. The molecular weight excluding hydrogens is 244 g/mol. The van der Waals surface area contributed by atoms with Crippen molar-refractivity contribution in [2.75, 3.05) is 18.8 Å². The van der Waals surface area contributed by atoms with E-state index in [1.165, 1.54) is 0 Å². The maximum atomic E-state index is 11.9. The molecule has 2 N–H and O–H groups in total. The number of likely N-dealkylation sites (tertiary alicyclic amines) is 1. The molecule has 0 saturated carbocycles. The molecule has 0 atom stereocenters. The monoisotopic (exact) mass is 266 g/mol. The van der Waals surface area contributed by atoms with Gasteiger partial charge in [0.2, 0.25) is 0 Å². The summed E-state index contributed by atoms with van der Waals surface area (Å²) in [7, 11) is 0. The van der Waals surface area contributed by atoms with Crippen molar-refractivity contribution in [2.45, 2.75) is 45.3 Å². The Morgan fingerprint density at radius 1 is 1.42 bits per heavy atom. The number of amides is 1. The summed E-state index contributed by atoms with van der Waals surface area (Å²) in [6.45, 7) is 7.02. The topological polar surface area (TPSA) is 73.4 Å². The standard InChI is InChI=1S/C13H22N4O2/c1-13(2,3)19-12(18)16-7-4-10(5-8-16)17-9-6-11(14)15-17/h6,9-10H,4-5,7-8H2,1-3H3,(H2,14,15). The van der Waals surface area contributed by atoms with Crippen molar-refractivity contribution in [2.24, 2.45) is 0 Å². The Balaban J connectivity index is 1.87. The van der Waals surface area contributed by atoms with Crippen molar-refractivity contribution in [3.8, 4) is 0 Å². The lowest BCUT2D eigenvalue weighted by Crippen LogP contribution is -2.42. The molecule has 1 aliphatic heterocycles. The zero-order chi connectivity index (χ0) is 14.0. The van der Waals surface area contributed by atoms with Gasteiger partial charge < -0.3 is 15.4 Å². The van der Waals surface area contributed by atoms with Gasteiger partial charge in [-0.3, -0.25) is 4.68 Å². The van der Waals surface area contributed by atoms with Gasteiger partial charge in [0.15, 0.2) is 0 Å². The second-order valence-electron chi connectivity index (χ2n) is 5.92. The van der Waals surface area contributed by atoms with Crippen LogP contribution in [0.2, 0.25) is 0 Å². The van der Waals surface area contributed by atoms with E-state index in [1.54, 1.807) is 11.0 Å². The molecule has 1 amide bonds. The smallest absolute Gasteiger partial charge is 0.410 e. The Bertz CT molecular complexity index is 442. The number of piperidine rings is 1. The molecule has 1 aliphatic rings. The molecule has 0 radical (unpaired) electrons. The number of carbonyl (C=O) groups is 1. The molecule has 106 valence electrons. The molecule has 0 aromatic carbocycles. The first-order chi connectivity index (χ1) is 8.85. The Kier molecular flexibility index (Phi) is 3.68. The van der Waals surface area contributed by atoms with Crippen molar-refractivity contribution in [1.29, 1.82) is 0 Å². The molecule has 1 fully saturated rings. The van der Waals surface area contributed by atoms with E-state index in [0.717, 1.165) is 12.8 Å². The fourth-order valence-electron chi connectivity index (χ4n) is 2.20. The van der Waals surface area contributed by atoms with Gasteiger partial charge in [-0.05, 0) is 39.7 Å². The number of nitrogen functional groups attached to an aromatic ring is 1. The van der Waals surface area contributed by atoms with Crippen molar-refractivity contribution in [3.63, 3.8) is 0 Å². The van der Waals surface area contributed by atoms with E-state index in [2.05, 4.69) is 5.10 Å². The quantitative estimate of drug-likeness (QED) is 0.844. The molecular formula is C13H22N4O2. The molecule has 1 aromatic heterocycles. The van der Waals surface area contributed by atoms with Gasteiger partial charge in [0.25, 0.3) is 0 Å². The van der Waals surface area contributed by atoms with E-state index < -0.39 is 5.60 Å². The Hall–Kier alpha value is -1.72. The number of ether oxygens (including phenoxy) is 1. The van der Waals surface area contributed by atoms with Crippen LogP contribution in [0.5, 0.6) is 0 Å². The summed E-state index contributed by atoms with van der Waals surface area (Å²) < 4.78 is 7.26. The van der Waals surface area contributed by atoms with Crippen molar-refractivity contribution >= 4 is 11.9 Å². The summed E-state index contributed by atoms with van der Waals surface area (Å²) in [5.74, 6) is 0.537. The highest BCUT2D eigenvalue weighted by Crippen LogP contribution is 2.23. The maximum absolute atomic E-state index is 11.9. The molecule has 1 saturated heterocycles. The lowest BCUT2D eigenvalue weighted by Gasteiger charge is -2.33. The first kappa shape index (κ1) is 13.7. The fourth-order valence-corrected chi connectivity index (χ4v) is 2.20. The highest BCUT2D eigenvalue weighted by molar-refractivity contribution is 5.68. The van der Waals surface area contributed by atoms with Gasteiger partial charge in [-0.1, -0.05) is 0 Å². The van der Waals surface area contributed by atoms with Gasteiger partial charge in [0.05, 0.1) is 6.04 Å². The summed E-state index contributed by atoms with van der Waals surface area (Å²) in [5.41, 5.74) is 5.17. The molecule has 6 heteroatoms. The Labute approximate surface area is 113 Å². The number of rotatable bonds is 1. The van der Waals surface area contributed by atoms with Crippen LogP contribution in [0.25, 0.3) is 0 Å². The first-order valence-electron chi connectivity index (χ1n) is 6.64. The zero-order valence-electron chi connectivity index (χ0n) is 11.8. The van der Waals surface area contributed by atoms with Gasteiger partial charge in [-0.25, -0.2) is 4.79 Å².